The molecule has 0 amide bonds. The van der Waals surface area contributed by atoms with Gasteiger partial charge in [-0.05, 0) is 18.0 Å². The Balaban J connectivity index is 1.49. The van der Waals surface area contributed by atoms with Crippen molar-refractivity contribution in [1.82, 2.24) is 15.5 Å². The van der Waals surface area contributed by atoms with Crippen LogP contribution in [0.25, 0.3) is 0 Å². The van der Waals surface area contributed by atoms with Crippen LogP contribution in [0.3, 0.4) is 0 Å². The summed E-state index contributed by atoms with van der Waals surface area (Å²) < 4.78 is 10.5. The minimum atomic E-state index is 0.703. The quantitative estimate of drug-likeness (QED) is 0.790. The summed E-state index contributed by atoms with van der Waals surface area (Å²) in [5.74, 6) is 1.43. The van der Waals surface area contributed by atoms with Gasteiger partial charge in [0.15, 0.2) is 0 Å². The van der Waals surface area contributed by atoms with Crippen molar-refractivity contribution in [2.45, 2.75) is 25.3 Å². The Morgan fingerprint density at radius 2 is 2.12 bits per heavy atom. The predicted molar refractivity (Wildman–Crippen MR) is 62.1 cm³/mol. The lowest BCUT2D eigenvalue weighted by atomic mass is 10.4. The molecule has 2 heterocycles. The van der Waals surface area contributed by atoms with Crippen molar-refractivity contribution in [2.24, 2.45) is 0 Å². The standard InChI is InChI=1S/C11H18N4O2/c1-2-9(1)12-4-3-10-13-11(14-17-10)15-5-7-16-8-6-15/h9,12H,1-8H2. The third kappa shape index (κ3) is 2.95. The second kappa shape index (κ2) is 5.01. The largest absolute Gasteiger partial charge is 0.378 e. The molecule has 0 aromatic carbocycles. The van der Waals surface area contributed by atoms with Gasteiger partial charge in [0, 0.05) is 32.1 Å². The molecule has 0 spiro atoms. The highest BCUT2D eigenvalue weighted by Gasteiger charge is 2.21. The van der Waals surface area contributed by atoms with Crippen molar-refractivity contribution in [3.05, 3.63) is 5.89 Å². The van der Waals surface area contributed by atoms with Crippen molar-refractivity contribution in [3.63, 3.8) is 0 Å². The van der Waals surface area contributed by atoms with Crippen molar-refractivity contribution in [1.29, 1.82) is 0 Å². The summed E-state index contributed by atoms with van der Waals surface area (Å²) in [6.07, 6.45) is 3.43. The van der Waals surface area contributed by atoms with Gasteiger partial charge in [0.2, 0.25) is 5.89 Å². The van der Waals surface area contributed by atoms with E-state index in [2.05, 4.69) is 20.4 Å². The van der Waals surface area contributed by atoms with Crippen molar-refractivity contribution >= 4 is 5.95 Å². The van der Waals surface area contributed by atoms with Gasteiger partial charge in [-0.1, -0.05) is 0 Å². The molecule has 1 aliphatic heterocycles. The molecule has 1 saturated carbocycles. The molecule has 0 unspecified atom stereocenters. The molecule has 0 atom stereocenters. The third-order valence-corrected chi connectivity index (χ3v) is 3.10. The first-order chi connectivity index (χ1) is 8.42. The predicted octanol–water partition coefficient (Wildman–Crippen LogP) is 0.201. The van der Waals surface area contributed by atoms with Crippen LogP contribution in [-0.4, -0.2) is 49.0 Å². The first kappa shape index (κ1) is 11.0. The molecular formula is C11H18N4O2. The van der Waals surface area contributed by atoms with E-state index in [1.807, 2.05) is 0 Å². The highest BCUT2D eigenvalue weighted by atomic mass is 16.5. The number of aromatic nitrogens is 2. The summed E-state index contributed by atoms with van der Waals surface area (Å²) in [5.41, 5.74) is 0. The van der Waals surface area contributed by atoms with Crippen LogP contribution in [0.4, 0.5) is 5.95 Å². The summed E-state index contributed by atoms with van der Waals surface area (Å²) in [6.45, 7) is 4.11. The fourth-order valence-electron chi connectivity index (χ4n) is 1.91. The fraction of sp³-hybridized carbons (Fsp3) is 0.818. The van der Waals surface area contributed by atoms with Crippen LogP contribution >= 0.6 is 0 Å². The minimum absolute atomic E-state index is 0.703. The molecule has 1 N–H and O–H groups in total. The average Bonchev–Trinajstić information content (AvgIpc) is 3.07. The van der Waals surface area contributed by atoms with Gasteiger partial charge in [-0.15, -0.1) is 0 Å². The Labute approximate surface area is 100 Å². The topological polar surface area (TPSA) is 63.4 Å². The van der Waals surface area contributed by atoms with Crippen molar-refractivity contribution < 1.29 is 9.26 Å². The first-order valence-corrected chi connectivity index (χ1v) is 6.30. The molecule has 17 heavy (non-hydrogen) atoms. The third-order valence-electron chi connectivity index (χ3n) is 3.10. The lowest BCUT2D eigenvalue weighted by Crippen LogP contribution is -2.36. The Hall–Kier alpha value is -1.14. The highest BCUT2D eigenvalue weighted by molar-refractivity contribution is 5.27. The van der Waals surface area contributed by atoms with E-state index >= 15 is 0 Å². The number of hydrogen-bond donors (Lipinski definition) is 1. The van der Waals surface area contributed by atoms with Crippen LogP contribution in [-0.2, 0) is 11.2 Å². The second-order valence-electron chi connectivity index (χ2n) is 4.57. The summed E-state index contributed by atoms with van der Waals surface area (Å²) in [5, 5.41) is 7.44. The Morgan fingerprint density at radius 1 is 1.29 bits per heavy atom. The van der Waals surface area contributed by atoms with Gasteiger partial charge >= 0.3 is 0 Å². The molecule has 0 radical (unpaired) electrons. The molecule has 94 valence electrons. The van der Waals surface area contributed by atoms with E-state index in [0.717, 1.165) is 51.2 Å². The van der Waals surface area contributed by atoms with E-state index in [1.54, 1.807) is 0 Å². The second-order valence-corrected chi connectivity index (χ2v) is 4.57. The van der Waals surface area contributed by atoms with Gasteiger partial charge in [0.05, 0.1) is 13.2 Å². The highest BCUT2D eigenvalue weighted by Crippen LogP contribution is 2.18. The average molecular weight is 238 g/mol. The van der Waals surface area contributed by atoms with E-state index in [-0.39, 0.29) is 0 Å². The lowest BCUT2D eigenvalue weighted by molar-refractivity contribution is 0.121. The molecule has 2 aliphatic rings. The SMILES string of the molecule is C(Cc1nc(N2CCOCC2)no1)NC1CC1. The van der Waals surface area contributed by atoms with Crippen molar-refractivity contribution in [2.75, 3.05) is 37.7 Å². The van der Waals surface area contributed by atoms with Crippen LogP contribution in [0, 0.1) is 0 Å². The van der Waals surface area contributed by atoms with Crippen LogP contribution in [0.15, 0.2) is 4.52 Å². The van der Waals surface area contributed by atoms with Gasteiger partial charge in [0.25, 0.3) is 5.95 Å². The van der Waals surface area contributed by atoms with Crippen LogP contribution < -0.4 is 10.2 Å². The monoisotopic (exact) mass is 238 g/mol. The molecule has 1 aliphatic carbocycles. The molecule has 6 nitrogen and oxygen atoms in total. The normalized spacial score (nSPS) is 20.8. The number of nitrogens with one attached hydrogen (secondary N) is 1. The Bertz CT molecular complexity index is 358. The molecule has 1 saturated heterocycles. The molecule has 1 aromatic rings. The zero-order valence-electron chi connectivity index (χ0n) is 9.89. The van der Waals surface area contributed by atoms with E-state index in [4.69, 9.17) is 9.26 Å². The van der Waals surface area contributed by atoms with Gasteiger partial charge in [-0.2, -0.15) is 4.98 Å². The van der Waals surface area contributed by atoms with E-state index in [1.165, 1.54) is 12.8 Å². The number of ether oxygens (including phenoxy) is 1. The maximum absolute atomic E-state index is 5.29. The Kier molecular flexibility index (Phi) is 3.24. The maximum atomic E-state index is 5.29. The van der Waals surface area contributed by atoms with Crippen LogP contribution in [0.5, 0.6) is 0 Å². The molecular weight excluding hydrogens is 220 g/mol. The van der Waals surface area contributed by atoms with E-state index in [9.17, 15) is 0 Å². The molecule has 3 rings (SSSR count). The summed E-state index contributed by atoms with van der Waals surface area (Å²) >= 11 is 0. The minimum Gasteiger partial charge on any atom is -0.378 e. The maximum Gasteiger partial charge on any atom is 0.266 e. The molecule has 1 aromatic heterocycles. The first-order valence-electron chi connectivity index (χ1n) is 6.30. The summed E-state index contributed by atoms with van der Waals surface area (Å²) in [6, 6.07) is 0.733. The van der Waals surface area contributed by atoms with Gasteiger partial charge < -0.3 is 19.5 Å². The van der Waals surface area contributed by atoms with E-state index < -0.39 is 0 Å². The smallest absolute Gasteiger partial charge is 0.266 e. The summed E-state index contributed by atoms with van der Waals surface area (Å²) in [7, 11) is 0. The number of nitrogens with zero attached hydrogens (tertiary/aromatic N) is 3. The molecule has 2 fully saturated rings. The number of hydrogen-bond acceptors (Lipinski definition) is 6. The number of morpholine rings is 1. The molecule has 0 bridgehead atoms. The van der Waals surface area contributed by atoms with Crippen LogP contribution in [0.1, 0.15) is 18.7 Å². The lowest BCUT2D eigenvalue weighted by Gasteiger charge is -2.24. The number of anilines is 1. The van der Waals surface area contributed by atoms with E-state index in [0.29, 0.717) is 5.95 Å². The zero-order valence-corrected chi connectivity index (χ0v) is 9.89. The number of rotatable bonds is 5. The van der Waals surface area contributed by atoms with Crippen LogP contribution in [0.2, 0.25) is 0 Å². The van der Waals surface area contributed by atoms with Gasteiger partial charge in [0.1, 0.15) is 0 Å². The van der Waals surface area contributed by atoms with Crippen molar-refractivity contribution in [3.8, 4) is 0 Å². The fourth-order valence-corrected chi connectivity index (χ4v) is 1.91. The Morgan fingerprint density at radius 3 is 2.88 bits per heavy atom. The van der Waals surface area contributed by atoms with Gasteiger partial charge in [-0.3, -0.25) is 0 Å². The zero-order chi connectivity index (χ0) is 11.5. The van der Waals surface area contributed by atoms with Gasteiger partial charge in [-0.25, -0.2) is 0 Å². The summed E-state index contributed by atoms with van der Waals surface area (Å²) in [4.78, 5) is 6.51. The molecule has 6 heteroatoms.